The van der Waals surface area contributed by atoms with Gasteiger partial charge in [-0.2, -0.15) is 4.90 Å². The van der Waals surface area contributed by atoms with Crippen molar-refractivity contribution >= 4 is 23.1 Å². The van der Waals surface area contributed by atoms with Crippen molar-refractivity contribution < 1.29 is 14.4 Å². The van der Waals surface area contributed by atoms with Crippen molar-refractivity contribution in [1.29, 1.82) is 0 Å². The molecular weight excluding hydrogens is 348 g/mol. The summed E-state index contributed by atoms with van der Waals surface area (Å²) in [5.41, 5.74) is 0.719. The van der Waals surface area contributed by atoms with Gasteiger partial charge in [0, 0.05) is 10.6 Å². The first kappa shape index (κ1) is 17.4. The van der Waals surface area contributed by atoms with Crippen molar-refractivity contribution in [2.75, 3.05) is 18.6 Å². The smallest absolute Gasteiger partial charge is 0.278 e. The second-order valence-corrected chi connectivity index (χ2v) is 7.34. The van der Waals surface area contributed by atoms with Gasteiger partial charge in [-0.15, -0.1) is 0 Å². The Morgan fingerprint density at radius 3 is 2.50 bits per heavy atom. The van der Waals surface area contributed by atoms with Gasteiger partial charge in [0.25, 0.3) is 11.6 Å². The van der Waals surface area contributed by atoms with Gasteiger partial charge in [-0.05, 0) is 49.2 Å². The van der Waals surface area contributed by atoms with E-state index in [4.69, 9.17) is 16.3 Å². The molecule has 2 atom stereocenters. The molecule has 0 saturated carbocycles. The van der Waals surface area contributed by atoms with Gasteiger partial charge in [-0.1, -0.05) is 30.7 Å². The number of aliphatic hydroxyl groups is 1. The minimum Gasteiger partial charge on any atom is -0.497 e. The third-order valence-corrected chi connectivity index (χ3v) is 5.81. The molecular formula is C21H24ClN2O2+. The average molecular weight is 372 g/mol. The van der Waals surface area contributed by atoms with E-state index in [0.717, 1.165) is 42.8 Å². The van der Waals surface area contributed by atoms with Crippen LogP contribution in [0.1, 0.15) is 31.7 Å². The zero-order valence-corrected chi connectivity index (χ0v) is 15.9. The molecule has 2 aromatic rings. The van der Waals surface area contributed by atoms with Gasteiger partial charge in [-0.3, -0.25) is 4.58 Å². The summed E-state index contributed by atoms with van der Waals surface area (Å²) in [5, 5.41) is 12.7. The van der Waals surface area contributed by atoms with Gasteiger partial charge in [0.1, 0.15) is 11.4 Å². The van der Waals surface area contributed by atoms with Crippen LogP contribution in [0.4, 0.5) is 5.69 Å². The summed E-state index contributed by atoms with van der Waals surface area (Å²) >= 11 is 6.09. The Hall–Kier alpha value is -2.04. The minimum absolute atomic E-state index is 0.00303. The van der Waals surface area contributed by atoms with Crippen molar-refractivity contribution in [2.45, 2.75) is 38.0 Å². The van der Waals surface area contributed by atoms with E-state index in [1.807, 2.05) is 48.5 Å². The van der Waals surface area contributed by atoms with Gasteiger partial charge >= 0.3 is 0 Å². The Balaban J connectivity index is 1.87. The maximum atomic E-state index is 12.0. The number of amidine groups is 1. The van der Waals surface area contributed by atoms with Crippen molar-refractivity contribution in [1.82, 2.24) is 0 Å². The van der Waals surface area contributed by atoms with Gasteiger partial charge in [0.05, 0.1) is 20.1 Å². The molecule has 0 aromatic heterocycles. The average Bonchev–Trinajstić information content (AvgIpc) is 3.20. The third kappa shape index (κ3) is 2.51. The van der Waals surface area contributed by atoms with Crippen LogP contribution >= 0.6 is 11.6 Å². The van der Waals surface area contributed by atoms with Crippen molar-refractivity contribution in [3.8, 4) is 5.75 Å². The molecule has 0 radical (unpaired) electrons. The first-order valence-electron chi connectivity index (χ1n) is 9.14. The molecule has 2 aromatic carbocycles. The number of benzene rings is 2. The first-order chi connectivity index (χ1) is 12.6. The van der Waals surface area contributed by atoms with Crippen molar-refractivity contribution in [3.63, 3.8) is 0 Å². The van der Waals surface area contributed by atoms with E-state index in [-0.39, 0.29) is 6.04 Å². The molecule has 0 saturated heterocycles. The number of methoxy groups -OCH3 is 1. The van der Waals surface area contributed by atoms with Gasteiger partial charge in [0.2, 0.25) is 0 Å². The molecule has 0 amide bonds. The highest BCUT2D eigenvalue weighted by atomic mass is 35.5. The summed E-state index contributed by atoms with van der Waals surface area (Å²) in [6.07, 6.45) is 2.95. The summed E-state index contributed by atoms with van der Waals surface area (Å²) in [6, 6.07) is 15.5. The maximum absolute atomic E-state index is 12.0. The molecule has 0 bridgehead atoms. The second kappa shape index (κ2) is 6.60. The Morgan fingerprint density at radius 1 is 1.19 bits per heavy atom. The van der Waals surface area contributed by atoms with Crippen LogP contribution in [0.5, 0.6) is 5.75 Å². The molecule has 0 spiro atoms. The van der Waals surface area contributed by atoms with Crippen LogP contribution in [0.2, 0.25) is 5.02 Å². The van der Waals surface area contributed by atoms with Crippen LogP contribution in [0, 0.1) is 0 Å². The fourth-order valence-electron chi connectivity index (χ4n) is 4.42. The summed E-state index contributed by atoms with van der Waals surface area (Å²) in [6.45, 7) is 3.12. The zero-order valence-electron chi connectivity index (χ0n) is 15.2. The lowest BCUT2D eigenvalue weighted by molar-refractivity contribution is -0.568. The van der Waals surface area contributed by atoms with E-state index >= 15 is 0 Å². The Kier molecular flexibility index (Phi) is 4.41. The van der Waals surface area contributed by atoms with Crippen LogP contribution < -0.4 is 9.64 Å². The molecule has 0 aliphatic carbocycles. The predicted octanol–water partition coefficient (Wildman–Crippen LogP) is 4.00. The number of halogens is 1. The monoisotopic (exact) mass is 371 g/mol. The number of nitrogens with zero attached hydrogens (tertiary/aromatic N) is 2. The molecule has 136 valence electrons. The number of rotatable bonds is 4. The van der Waals surface area contributed by atoms with Crippen LogP contribution in [0.15, 0.2) is 48.5 Å². The van der Waals surface area contributed by atoms with E-state index in [0.29, 0.717) is 5.02 Å². The molecule has 4 rings (SSSR count). The summed E-state index contributed by atoms with van der Waals surface area (Å²) in [5.74, 6) is 2.00. The molecule has 2 aliphatic rings. The van der Waals surface area contributed by atoms with Crippen LogP contribution in [0.25, 0.3) is 0 Å². The number of hydrogen-bond donors (Lipinski definition) is 1. The molecule has 2 heterocycles. The van der Waals surface area contributed by atoms with Crippen molar-refractivity contribution in [3.05, 3.63) is 59.1 Å². The first-order valence-corrected chi connectivity index (χ1v) is 9.52. The van der Waals surface area contributed by atoms with Crippen LogP contribution in [-0.4, -0.2) is 35.2 Å². The van der Waals surface area contributed by atoms with E-state index in [1.54, 1.807) is 7.11 Å². The van der Waals surface area contributed by atoms with E-state index < -0.39 is 5.72 Å². The van der Waals surface area contributed by atoms with Gasteiger partial charge in [-0.25, -0.2) is 0 Å². The zero-order chi connectivity index (χ0) is 18.3. The van der Waals surface area contributed by atoms with Crippen LogP contribution in [0.3, 0.4) is 0 Å². The second-order valence-electron chi connectivity index (χ2n) is 6.90. The fourth-order valence-corrected chi connectivity index (χ4v) is 4.54. The normalized spacial score (nSPS) is 24.9. The molecule has 2 aliphatic heterocycles. The highest BCUT2D eigenvalue weighted by molar-refractivity contribution is 6.30. The molecule has 5 heteroatoms. The van der Waals surface area contributed by atoms with E-state index in [2.05, 4.69) is 16.4 Å². The Morgan fingerprint density at radius 2 is 1.88 bits per heavy atom. The van der Waals surface area contributed by atoms with Crippen molar-refractivity contribution in [2.24, 2.45) is 0 Å². The highest BCUT2D eigenvalue weighted by Gasteiger charge is 2.61. The molecule has 4 nitrogen and oxygen atoms in total. The predicted molar refractivity (Wildman–Crippen MR) is 104 cm³/mol. The Bertz CT molecular complexity index is 832. The maximum Gasteiger partial charge on any atom is 0.278 e. The molecule has 1 N–H and O–H groups in total. The lowest BCUT2D eigenvalue weighted by Crippen LogP contribution is -2.52. The quantitative estimate of drug-likeness (QED) is 0.825. The highest BCUT2D eigenvalue weighted by Crippen LogP contribution is 2.44. The minimum atomic E-state index is -1.12. The lowest BCUT2D eigenvalue weighted by Gasteiger charge is -2.33. The molecule has 0 fully saturated rings. The SMILES string of the molecule is CCC1[N+]2=C(CCC2)N(c2ccc(OC)cc2)C1(O)c1ccc(Cl)cc1. The fraction of sp³-hybridized carbons (Fsp3) is 0.381. The number of hydrogen-bond acceptors (Lipinski definition) is 3. The van der Waals surface area contributed by atoms with E-state index in [9.17, 15) is 5.11 Å². The standard InChI is InChI=1S/C21H24ClN2O2/c1-3-19-21(25,15-6-8-16(22)9-7-15)24(20-5-4-14-23(19)20)17-10-12-18(26-2)13-11-17/h6-13,19,25H,3-5,14H2,1-2H3/q+1. The lowest BCUT2D eigenvalue weighted by atomic mass is 9.91. The molecule has 2 unspecified atom stereocenters. The largest absolute Gasteiger partial charge is 0.497 e. The summed E-state index contributed by atoms with van der Waals surface area (Å²) in [4.78, 5) is 2.11. The summed E-state index contributed by atoms with van der Waals surface area (Å²) in [7, 11) is 1.66. The van der Waals surface area contributed by atoms with Gasteiger partial charge in [0.15, 0.2) is 6.04 Å². The number of ether oxygens (including phenoxy) is 1. The van der Waals surface area contributed by atoms with Crippen LogP contribution in [-0.2, 0) is 5.72 Å². The summed E-state index contributed by atoms with van der Waals surface area (Å²) < 4.78 is 7.67. The Labute approximate surface area is 159 Å². The molecule has 26 heavy (non-hydrogen) atoms. The topological polar surface area (TPSA) is 35.7 Å². The third-order valence-electron chi connectivity index (χ3n) is 5.56. The van der Waals surface area contributed by atoms with Gasteiger partial charge < -0.3 is 9.84 Å². The number of anilines is 1. The van der Waals surface area contributed by atoms with E-state index in [1.165, 1.54) is 5.84 Å².